The fourth-order valence-electron chi connectivity index (χ4n) is 9.56. The lowest BCUT2D eigenvalue weighted by Gasteiger charge is -2.46. The standard InChI is InChI=1S/C49H33BN2/c1-5-17-34(18-6-1)49(35-19-7-2-8-20-35)41-26-13-14-28-43(41)50-44-29-15-25-40-39-32-31-38(51(36-21-9-3-10-22-36)37-23-11-4-12-24-37)33-46(39)52(48(40)44)45-30-16-27-42(49)47(45)50/h1-33H. The minimum atomic E-state index is -0.488. The van der Waals surface area contributed by atoms with Crippen molar-refractivity contribution in [2.45, 2.75) is 5.41 Å². The summed E-state index contributed by atoms with van der Waals surface area (Å²) in [5, 5.41) is 2.56. The molecule has 52 heavy (non-hydrogen) atoms. The van der Waals surface area contributed by atoms with Crippen LogP contribution in [-0.4, -0.2) is 11.3 Å². The third-order valence-corrected chi connectivity index (χ3v) is 11.5. The number of nitrogens with zero attached hydrogens (tertiary/aromatic N) is 2. The first-order valence-electron chi connectivity index (χ1n) is 18.2. The Morgan fingerprint density at radius 1 is 0.423 bits per heavy atom. The topological polar surface area (TPSA) is 8.17 Å². The molecule has 2 aliphatic rings. The van der Waals surface area contributed by atoms with E-state index in [1.165, 1.54) is 66.1 Å². The van der Waals surface area contributed by atoms with Gasteiger partial charge in [-0.3, -0.25) is 0 Å². The van der Waals surface area contributed by atoms with Crippen LogP contribution in [0.5, 0.6) is 0 Å². The molecule has 0 saturated heterocycles. The summed E-state index contributed by atoms with van der Waals surface area (Å²) in [6.07, 6.45) is 0. The zero-order valence-corrected chi connectivity index (χ0v) is 28.5. The average molecular weight is 661 g/mol. The number of anilines is 3. The molecule has 0 N–H and O–H groups in total. The molecule has 0 unspecified atom stereocenters. The third kappa shape index (κ3) is 3.91. The molecule has 0 fully saturated rings. The Morgan fingerprint density at radius 2 is 0.981 bits per heavy atom. The van der Waals surface area contributed by atoms with E-state index >= 15 is 0 Å². The molecule has 0 radical (unpaired) electrons. The molecule has 2 aliphatic heterocycles. The summed E-state index contributed by atoms with van der Waals surface area (Å²) < 4.78 is 2.57. The van der Waals surface area contributed by atoms with Gasteiger partial charge in [0.25, 0.3) is 0 Å². The van der Waals surface area contributed by atoms with E-state index in [2.05, 4.69) is 210 Å². The van der Waals surface area contributed by atoms with Gasteiger partial charge in [-0.15, -0.1) is 0 Å². The first kappa shape index (κ1) is 29.2. The molecule has 0 spiro atoms. The van der Waals surface area contributed by atoms with Gasteiger partial charge in [-0.1, -0.05) is 163 Å². The van der Waals surface area contributed by atoms with Gasteiger partial charge in [-0.05, 0) is 75.6 Å². The van der Waals surface area contributed by atoms with Crippen LogP contribution in [0.1, 0.15) is 22.3 Å². The first-order valence-corrected chi connectivity index (χ1v) is 18.2. The number of benzene rings is 8. The van der Waals surface area contributed by atoms with Crippen molar-refractivity contribution >= 4 is 62.0 Å². The maximum absolute atomic E-state index is 2.57. The van der Waals surface area contributed by atoms with E-state index in [-0.39, 0.29) is 6.71 Å². The van der Waals surface area contributed by atoms with Crippen LogP contribution >= 0.6 is 0 Å². The molecule has 1 aromatic heterocycles. The highest BCUT2D eigenvalue weighted by molar-refractivity contribution is 6.99. The highest BCUT2D eigenvalue weighted by Gasteiger charge is 2.50. The van der Waals surface area contributed by atoms with Crippen LogP contribution in [0.25, 0.3) is 27.5 Å². The minimum absolute atomic E-state index is 0.105. The summed E-state index contributed by atoms with van der Waals surface area (Å²) >= 11 is 0. The number of rotatable bonds is 5. The van der Waals surface area contributed by atoms with Crippen molar-refractivity contribution in [1.82, 2.24) is 4.57 Å². The zero-order valence-electron chi connectivity index (χ0n) is 28.5. The van der Waals surface area contributed by atoms with Crippen LogP contribution < -0.4 is 21.3 Å². The quantitative estimate of drug-likeness (QED) is 0.167. The summed E-state index contributed by atoms with van der Waals surface area (Å²) in [6, 6.07) is 73.9. The van der Waals surface area contributed by atoms with Crippen LogP contribution in [-0.2, 0) is 5.41 Å². The summed E-state index contributed by atoms with van der Waals surface area (Å²) in [6.45, 7) is 0.105. The van der Waals surface area contributed by atoms with E-state index < -0.39 is 5.41 Å². The molecule has 0 saturated carbocycles. The second kappa shape index (κ2) is 11.2. The monoisotopic (exact) mass is 660 g/mol. The molecule has 3 heteroatoms. The lowest BCUT2D eigenvalue weighted by molar-refractivity contribution is 0.750. The SMILES string of the molecule is c1ccc(N(c2ccccc2)c2ccc3c4cccc5c4n(c3c2)-c2cccc3c2B5c2ccccc2C3(c2ccccc2)c2ccccc2)cc1. The Hall–Kier alpha value is -6.58. The molecule has 2 nitrogen and oxygen atoms in total. The minimum Gasteiger partial charge on any atom is -0.310 e. The predicted octanol–water partition coefficient (Wildman–Crippen LogP) is 9.78. The molecule has 9 aromatic rings. The van der Waals surface area contributed by atoms with E-state index in [0.717, 1.165) is 17.1 Å². The summed E-state index contributed by atoms with van der Waals surface area (Å²) in [4.78, 5) is 2.36. The second-order valence-corrected chi connectivity index (χ2v) is 14.0. The van der Waals surface area contributed by atoms with Gasteiger partial charge in [0.1, 0.15) is 0 Å². The fraction of sp³-hybridized carbons (Fsp3) is 0.0204. The van der Waals surface area contributed by atoms with Crippen molar-refractivity contribution in [3.8, 4) is 5.69 Å². The number of aromatic nitrogens is 1. The maximum atomic E-state index is 2.57. The van der Waals surface area contributed by atoms with Crippen LogP contribution in [0.2, 0.25) is 0 Å². The fourth-order valence-corrected chi connectivity index (χ4v) is 9.56. The first-order chi connectivity index (χ1) is 25.8. The smallest absolute Gasteiger partial charge is 0.247 e. The van der Waals surface area contributed by atoms with Crippen LogP contribution in [0.3, 0.4) is 0 Å². The van der Waals surface area contributed by atoms with Crippen molar-refractivity contribution in [2.75, 3.05) is 4.90 Å². The summed E-state index contributed by atoms with van der Waals surface area (Å²) in [5.74, 6) is 0. The van der Waals surface area contributed by atoms with E-state index in [0.29, 0.717) is 0 Å². The van der Waals surface area contributed by atoms with Gasteiger partial charge in [0.2, 0.25) is 6.71 Å². The normalized spacial score (nSPS) is 13.5. The Bertz CT molecular complexity index is 2710. The number of fused-ring (bicyclic) bond motifs is 7. The van der Waals surface area contributed by atoms with E-state index in [9.17, 15) is 0 Å². The van der Waals surface area contributed by atoms with E-state index in [4.69, 9.17) is 0 Å². The van der Waals surface area contributed by atoms with Gasteiger partial charge in [0.05, 0.1) is 10.9 Å². The van der Waals surface area contributed by atoms with Gasteiger partial charge >= 0.3 is 0 Å². The predicted molar refractivity (Wildman–Crippen MR) is 218 cm³/mol. The lowest BCUT2D eigenvalue weighted by Crippen LogP contribution is -2.64. The van der Waals surface area contributed by atoms with Crippen LogP contribution in [0, 0.1) is 0 Å². The molecule has 0 amide bonds. The maximum Gasteiger partial charge on any atom is 0.247 e. The highest BCUT2D eigenvalue weighted by Crippen LogP contribution is 2.48. The molecule has 0 bridgehead atoms. The third-order valence-electron chi connectivity index (χ3n) is 11.5. The molecule has 11 rings (SSSR count). The van der Waals surface area contributed by atoms with E-state index in [1.54, 1.807) is 0 Å². The molecule has 242 valence electrons. The Labute approximate surface area is 303 Å². The molecular formula is C49H33BN2. The molecular weight excluding hydrogens is 627 g/mol. The summed E-state index contributed by atoms with van der Waals surface area (Å²) in [5.41, 5.74) is 16.1. The van der Waals surface area contributed by atoms with E-state index in [1.807, 2.05) is 0 Å². The lowest BCUT2D eigenvalue weighted by atomic mass is 9.29. The van der Waals surface area contributed by atoms with Gasteiger partial charge in [0.15, 0.2) is 0 Å². The second-order valence-electron chi connectivity index (χ2n) is 14.0. The average Bonchev–Trinajstić information content (AvgIpc) is 3.55. The Morgan fingerprint density at radius 3 is 1.65 bits per heavy atom. The Kier molecular flexibility index (Phi) is 6.29. The van der Waals surface area contributed by atoms with Gasteiger partial charge in [-0.25, -0.2) is 0 Å². The Balaban J connectivity index is 1.26. The van der Waals surface area contributed by atoms with Gasteiger partial charge in [-0.2, -0.15) is 0 Å². The zero-order chi connectivity index (χ0) is 34.2. The van der Waals surface area contributed by atoms with Crippen molar-refractivity contribution in [3.05, 3.63) is 222 Å². The molecule has 0 atom stereocenters. The molecule has 0 aliphatic carbocycles. The van der Waals surface area contributed by atoms with Crippen molar-refractivity contribution < 1.29 is 0 Å². The van der Waals surface area contributed by atoms with Crippen molar-refractivity contribution in [1.29, 1.82) is 0 Å². The van der Waals surface area contributed by atoms with Crippen LogP contribution in [0.4, 0.5) is 17.1 Å². The van der Waals surface area contributed by atoms with Gasteiger partial charge in [0, 0.05) is 39.0 Å². The molecule has 8 aromatic carbocycles. The van der Waals surface area contributed by atoms with Crippen molar-refractivity contribution in [3.63, 3.8) is 0 Å². The number of para-hydroxylation sites is 3. The van der Waals surface area contributed by atoms with Gasteiger partial charge < -0.3 is 9.47 Å². The molecule has 3 heterocycles. The largest absolute Gasteiger partial charge is 0.310 e. The van der Waals surface area contributed by atoms with Crippen molar-refractivity contribution in [2.24, 2.45) is 0 Å². The van der Waals surface area contributed by atoms with Crippen LogP contribution in [0.15, 0.2) is 200 Å². The highest BCUT2D eigenvalue weighted by atomic mass is 15.1. The summed E-state index contributed by atoms with van der Waals surface area (Å²) in [7, 11) is 0. The number of hydrogen-bond acceptors (Lipinski definition) is 1. The number of hydrogen-bond donors (Lipinski definition) is 0.